The Bertz CT molecular complexity index is 825. The molecule has 0 aliphatic carbocycles. The highest BCUT2D eigenvalue weighted by Gasteiger charge is 2.25. The van der Waals surface area contributed by atoms with Crippen LogP contribution in [0.5, 0.6) is 0 Å². The number of aromatic nitrogens is 1. The molecule has 2 heterocycles. The summed E-state index contributed by atoms with van der Waals surface area (Å²) in [5.41, 5.74) is 1.76. The molecule has 5 nitrogen and oxygen atoms in total. The van der Waals surface area contributed by atoms with Gasteiger partial charge in [-0.25, -0.2) is 0 Å². The maximum absolute atomic E-state index is 13.1. The topological polar surface area (TPSA) is 65.2 Å². The van der Waals surface area contributed by atoms with Crippen LogP contribution in [-0.4, -0.2) is 41.5 Å². The highest BCUT2D eigenvalue weighted by atomic mass is 35.5. The summed E-state index contributed by atoms with van der Waals surface area (Å²) in [6.07, 6.45) is 2.15. The molecule has 142 valence electrons. The van der Waals surface area contributed by atoms with E-state index in [9.17, 15) is 9.59 Å². The van der Waals surface area contributed by atoms with Gasteiger partial charge in [0.1, 0.15) is 5.56 Å². The summed E-state index contributed by atoms with van der Waals surface area (Å²) in [6, 6.07) is 7.59. The van der Waals surface area contributed by atoms with Crippen LogP contribution in [0.2, 0.25) is 0 Å². The summed E-state index contributed by atoms with van der Waals surface area (Å²) in [5, 5.41) is 4.28. The van der Waals surface area contributed by atoms with Crippen molar-refractivity contribution in [1.29, 1.82) is 0 Å². The highest BCUT2D eigenvalue weighted by Crippen LogP contribution is 2.19. The average molecular weight is 378 g/mol. The lowest BCUT2D eigenvalue weighted by molar-refractivity contribution is 0.0656. The van der Waals surface area contributed by atoms with Crippen molar-refractivity contribution < 1.29 is 4.79 Å². The summed E-state index contributed by atoms with van der Waals surface area (Å²) >= 11 is 0. The maximum atomic E-state index is 13.1. The van der Waals surface area contributed by atoms with Crippen LogP contribution >= 0.6 is 12.4 Å². The van der Waals surface area contributed by atoms with Crippen LogP contribution < -0.4 is 10.9 Å². The third-order valence-electron chi connectivity index (χ3n) is 5.13. The Morgan fingerprint density at radius 3 is 2.62 bits per heavy atom. The highest BCUT2D eigenvalue weighted by molar-refractivity contribution is 5.98. The normalized spacial score (nSPS) is 15.1. The third kappa shape index (κ3) is 4.27. The second kappa shape index (κ2) is 8.69. The van der Waals surface area contributed by atoms with E-state index in [-0.39, 0.29) is 35.5 Å². The molecule has 2 N–H and O–H groups in total. The van der Waals surface area contributed by atoms with Crippen molar-refractivity contribution in [2.75, 3.05) is 19.6 Å². The molecule has 0 unspecified atom stereocenters. The molecule has 3 rings (SSSR count). The second-order valence-corrected chi connectivity index (χ2v) is 7.29. The van der Waals surface area contributed by atoms with E-state index >= 15 is 0 Å². The van der Waals surface area contributed by atoms with Crippen LogP contribution in [0.3, 0.4) is 0 Å². The number of hydrogen-bond donors (Lipinski definition) is 2. The number of hydrogen-bond acceptors (Lipinski definition) is 3. The molecule has 2 aromatic rings. The Morgan fingerprint density at radius 1 is 1.27 bits per heavy atom. The minimum atomic E-state index is -0.306. The second-order valence-electron chi connectivity index (χ2n) is 7.29. The molecule has 0 spiro atoms. The quantitative estimate of drug-likeness (QED) is 0.860. The van der Waals surface area contributed by atoms with E-state index < -0.39 is 0 Å². The van der Waals surface area contributed by atoms with Gasteiger partial charge in [0.05, 0.1) is 0 Å². The first kappa shape index (κ1) is 20.5. The summed E-state index contributed by atoms with van der Waals surface area (Å²) in [5.74, 6) is 0.328. The maximum Gasteiger partial charge on any atom is 0.261 e. The zero-order valence-corrected chi connectivity index (χ0v) is 16.5. The largest absolute Gasteiger partial charge is 0.336 e. The van der Waals surface area contributed by atoms with Gasteiger partial charge in [0, 0.05) is 23.5 Å². The van der Waals surface area contributed by atoms with Gasteiger partial charge in [-0.15, -0.1) is 12.4 Å². The van der Waals surface area contributed by atoms with Crippen LogP contribution in [0.1, 0.15) is 42.6 Å². The molecule has 1 saturated heterocycles. The number of piperidine rings is 1. The number of fused-ring (bicyclic) bond motifs is 1. The van der Waals surface area contributed by atoms with Crippen LogP contribution in [0.4, 0.5) is 0 Å². The third-order valence-corrected chi connectivity index (χ3v) is 5.13. The van der Waals surface area contributed by atoms with Gasteiger partial charge < -0.3 is 15.2 Å². The van der Waals surface area contributed by atoms with E-state index in [1.165, 1.54) is 0 Å². The fraction of sp³-hybridized carbons (Fsp3) is 0.500. The van der Waals surface area contributed by atoms with Gasteiger partial charge in [0.25, 0.3) is 11.5 Å². The molecular weight excluding hydrogens is 350 g/mol. The molecule has 1 aromatic heterocycles. The van der Waals surface area contributed by atoms with E-state index in [0.717, 1.165) is 42.4 Å². The number of halogens is 1. The Labute approximate surface area is 160 Å². The molecule has 1 amide bonds. The van der Waals surface area contributed by atoms with Crippen LogP contribution in [0.25, 0.3) is 10.9 Å². The summed E-state index contributed by atoms with van der Waals surface area (Å²) in [7, 11) is 0. The van der Waals surface area contributed by atoms with E-state index in [1.807, 2.05) is 43.9 Å². The number of nitrogens with zero attached hydrogens (tertiary/aromatic N) is 1. The van der Waals surface area contributed by atoms with Crippen molar-refractivity contribution in [3.8, 4) is 0 Å². The van der Waals surface area contributed by atoms with Crippen molar-refractivity contribution in [2.24, 2.45) is 5.92 Å². The number of carbonyl (C=O) groups is 1. The van der Waals surface area contributed by atoms with Gasteiger partial charge in [-0.05, 0) is 70.3 Å². The van der Waals surface area contributed by atoms with Crippen molar-refractivity contribution in [2.45, 2.75) is 39.7 Å². The van der Waals surface area contributed by atoms with Crippen LogP contribution in [0, 0.1) is 12.8 Å². The molecule has 1 aromatic carbocycles. The number of aryl methyl sites for hydroxylation is 1. The Kier molecular flexibility index (Phi) is 6.84. The first-order chi connectivity index (χ1) is 12.0. The van der Waals surface area contributed by atoms with Gasteiger partial charge in [0.15, 0.2) is 0 Å². The molecule has 0 bridgehead atoms. The van der Waals surface area contributed by atoms with Crippen LogP contribution in [0.15, 0.2) is 29.1 Å². The monoisotopic (exact) mass is 377 g/mol. The molecule has 0 radical (unpaired) electrons. The zero-order valence-electron chi connectivity index (χ0n) is 15.7. The summed E-state index contributed by atoms with van der Waals surface area (Å²) in [4.78, 5) is 30.3. The van der Waals surface area contributed by atoms with Crippen LogP contribution in [-0.2, 0) is 0 Å². The molecule has 6 heteroatoms. The fourth-order valence-corrected chi connectivity index (χ4v) is 3.57. The SMILES string of the molecule is Cc1cccc2[nH]c(=O)c(C(=O)N(CC3CCNCC3)C(C)C)cc12.Cl. The predicted octanol–water partition coefficient (Wildman–Crippen LogP) is 3.11. The smallest absolute Gasteiger partial charge is 0.261 e. The Balaban J connectivity index is 0.00000243. The van der Waals surface area contributed by atoms with E-state index in [4.69, 9.17) is 0 Å². The molecule has 1 aliphatic heterocycles. The lowest BCUT2D eigenvalue weighted by atomic mass is 9.96. The van der Waals surface area contributed by atoms with Crippen molar-refractivity contribution in [3.05, 3.63) is 45.7 Å². The molecular formula is C20H28ClN3O2. The molecule has 0 atom stereocenters. The summed E-state index contributed by atoms with van der Waals surface area (Å²) < 4.78 is 0. The zero-order chi connectivity index (χ0) is 18.0. The van der Waals surface area contributed by atoms with Gasteiger partial charge in [-0.1, -0.05) is 12.1 Å². The van der Waals surface area contributed by atoms with E-state index in [1.54, 1.807) is 6.07 Å². The number of rotatable bonds is 4. The number of H-pyrrole nitrogens is 1. The standard InChI is InChI=1S/C20H27N3O2.ClH/c1-13(2)23(12-15-7-9-21-10-8-15)20(25)17-11-16-14(3)5-4-6-18(16)22-19(17)24;/h4-6,11,13,15,21H,7-10,12H2,1-3H3,(H,22,24);1H. The minimum absolute atomic E-state index is 0. The molecule has 0 saturated carbocycles. The molecule has 1 fully saturated rings. The first-order valence-electron chi connectivity index (χ1n) is 9.11. The van der Waals surface area contributed by atoms with Crippen molar-refractivity contribution >= 4 is 29.2 Å². The van der Waals surface area contributed by atoms with E-state index in [0.29, 0.717) is 12.5 Å². The lowest BCUT2D eigenvalue weighted by Gasteiger charge is -2.32. The first-order valence-corrected chi connectivity index (χ1v) is 9.11. The number of pyridine rings is 1. The summed E-state index contributed by atoms with van der Waals surface area (Å²) in [6.45, 7) is 8.73. The number of benzene rings is 1. The number of carbonyl (C=O) groups excluding carboxylic acids is 1. The van der Waals surface area contributed by atoms with Gasteiger partial charge in [-0.3, -0.25) is 9.59 Å². The molecule has 1 aliphatic rings. The molecule has 26 heavy (non-hydrogen) atoms. The number of amides is 1. The predicted molar refractivity (Wildman–Crippen MR) is 108 cm³/mol. The van der Waals surface area contributed by atoms with Gasteiger partial charge in [0.2, 0.25) is 0 Å². The van der Waals surface area contributed by atoms with Gasteiger partial charge >= 0.3 is 0 Å². The van der Waals surface area contributed by atoms with Crippen molar-refractivity contribution in [3.63, 3.8) is 0 Å². The van der Waals surface area contributed by atoms with E-state index in [2.05, 4.69) is 10.3 Å². The van der Waals surface area contributed by atoms with Gasteiger partial charge in [-0.2, -0.15) is 0 Å². The number of aromatic amines is 1. The Morgan fingerprint density at radius 2 is 1.96 bits per heavy atom. The fourth-order valence-electron chi connectivity index (χ4n) is 3.57. The average Bonchev–Trinajstić information content (AvgIpc) is 2.59. The number of nitrogens with one attached hydrogen (secondary N) is 2. The van der Waals surface area contributed by atoms with Crippen molar-refractivity contribution in [1.82, 2.24) is 15.2 Å². The minimum Gasteiger partial charge on any atom is -0.336 e. The Hall–Kier alpha value is -1.85. The lowest BCUT2D eigenvalue weighted by Crippen LogP contribution is -2.44.